The quantitative estimate of drug-likeness (QED) is 0.223. The minimum absolute atomic E-state index is 0.254. The second-order valence-electron chi connectivity index (χ2n) is 3.24. The van der Waals surface area contributed by atoms with Crippen LogP contribution in [-0.4, -0.2) is 67.6 Å². The first kappa shape index (κ1) is 15.8. The highest BCUT2D eigenvalue weighted by atomic mass is 16.5. The Balaban J connectivity index is 3.85. The van der Waals surface area contributed by atoms with E-state index in [9.17, 15) is 19.8 Å². The third-order valence-corrected chi connectivity index (χ3v) is 1.93. The van der Waals surface area contributed by atoms with E-state index >= 15 is 0 Å². The Morgan fingerprint density at radius 1 is 1.24 bits per heavy atom. The van der Waals surface area contributed by atoms with Crippen LogP contribution in [0.5, 0.6) is 0 Å². The van der Waals surface area contributed by atoms with E-state index in [1.807, 2.05) is 0 Å². The summed E-state index contributed by atoms with van der Waals surface area (Å²) >= 11 is 0. The second-order valence-corrected chi connectivity index (χ2v) is 3.24. The van der Waals surface area contributed by atoms with Crippen molar-refractivity contribution in [2.75, 3.05) is 33.3 Å². The molecule has 8 nitrogen and oxygen atoms in total. The van der Waals surface area contributed by atoms with Gasteiger partial charge in [0.05, 0.1) is 7.11 Å². The third-order valence-electron chi connectivity index (χ3n) is 1.93. The van der Waals surface area contributed by atoms with E-state index in [0.717, 1.165) is 7.11 Å². The molecular formula is C9H19N3O5. The number of rotatable bonds is 8. The van der Waals surface area contributed by atoms with E-state index in [4.69, 9.17) is 5.73 Å². The molecule has 0 heterocycles. The summed E-state index contributed by atoms with van der Waals surface area (Å²) in [6.07, 6.45) is -3.71. The Labute approximate surface area is 99.1 Å². The SMILES string of the molecule is COC(=O)C(O)C(O)C(=O)NCCNCCN. The molecule has 0 rings (SSSR count). The fourth-order valence-corrected chi connectivity index (χ4v) is 0.999. The van der Waals surface area contributed by atoms with Crippen LogP contribution in [0.2, 0.25) is 0 Å². The maximum atomic E-state index is 11.3. The van der Waals surface area contributed by atoms with Gasteiger partial charge >= 0.3 is 5.97 Å². The molecule has 0 aliphatic heterocycles. The average molecular weight is 249 g/mol. The maximum absolute atomic E-state index is 11.3. The van der Waals surface area contributed by atoms with Crippen molar-refractivity contribution >= 4 is 11.9 Å². The Kier molecular flexibility index (Phi) is 8.24. The third kappa shape index (κ3) is 6.17. The van der Waals surface area contributed by atoms with Gasteiger partial charge in [0.1, 0.15) is 0 Å². The summed E-state index contributed by atoms with van der Waals surface area (Å²) in [5.41, 5.74) is 5.23. The average Bonchev–Trinajstić information content (AvgIpc) is 2.35. The predicted octanol–water partition coefficient (Wildman–Crippen LogP) is -3.45. The lowest BCUT2D eigenvalue weighted by molar-refractivity contribution is -0.161. The molecule has 2 unspecified atom stereocenters. The summed E-state index contributed by atoms with van der Waals surface area (Å²) < 4.78 is 4.19. The highest BCUT2D eigenvalue weighted by Gasteiger charge is 2.30. The van der Waals surface area contributed by atoms with Crippen molar-refractivity contribution in [2.24, 2.45) is 5.73 Å². The van der Waals surface area contributed by atoms with Crippen LogP contribution in [-0.2, 0) is 14.3 Å². The molecule has 0 aromatic carbocycles. The molecule has 0 saturated heterocycles. The predicted molar refractivity (Wildman–Crippen MR) is 59.0 cm³/mol. The van der Waals surface area contributed by atoms with Crippen LogP contribution in [0.4, 0.5) is 0 Å². The minimum atomic E-state index is -1.88. The van der Waals surface area contributed by atoms with Crippen LogP contribution in [0.3, 0.4) is 0 Å². The van der Waals surface area contributed by atoms with Crippen LogP contribution in [0.1, 0.15) is 0 Å². The number of nitrogens with two attached hydrogens (primary N) is 1. The number of amides is 1. The van der Waals surface area contributed by atoms with Gasteiger partial charge in [0, 0.05) is 26.2 Å². The van der Waals surface area contributed by atoms with Gasteiger partial charge in [0.25, 0.3) is 5.91 Å². The zero-order valence-corrected chi connectivity index (χ0v) is 9.68. The van der Waals surface area contributed by atoms with Gasteiger partial charge in [-0.15, -0.1) is 0 Å². The van der Waals surface area contributed by atoms with Crippen molar-refractivity contribution in [3.8, 4) is 0 Å². The molecule has 0 aromatic heterocycles. The molecule has 1 amide bonds. The van der Waals surface area contributed by atoms with Gasteiger partial charge in [-0.3, -0.25) is 4.79 Å². The molecule has 2 atom stereocenters. The molecule has 0 radical (unpaired) electrons. The van der Waals surface area contributed by atoms with Crippen molar-refractivity contribution in [1.82, 2.24) is 10.6 Å². The van der Waals surface area contributed by atoms with Gasteiger partial charge < -0.3 is 31.3 Å². The Morgan fingerprint density at radius 2 is 1.88 bits per heavy atom. The first-order valence-corrected chi connectivity index (χ1v) is 5.17. The number of hydrogen-bond acceptors (Lipinski definition) is 7. The Morgan fingerprint density at radius 3 is 2.41 bits per heavy atom. The first-order chi connectivity index (χ1) is 8.04. The highest BCUT2D eigenvalue weighted by Crippen LogP contribution is 1.96. The molecule has 100 valence electrons. The monoisotopic (exact) mass is 249 g/mol. The lowest BCUT2D eigenvalue weighted by Crippen LogP contribution is -2.47. The fourth-order valence-electron chi connectivity index (χ4n) is 0.999. The maximum Gasteiger partial charge on any atom is 0.338 e. The van der Waals surface area contributed by atoms with Crippen molar-refractivity contribution in [3.63, 3.8) is 0 Å². The summed E-state index contributed by atoms with van der Waals surface area (Å²) in [5.74, 6) is -1.90. The van der Waals surface area contributed by atoms with E-state index in [0.29, 0.717) is 19.6 Å². The molecule has 0 bridgehead atoms. The lowest BCUT2D eigenvalue weighted by atomic mass is 10.2. The molecule has 0 saturated carbocycles. The van der Waals surface area contributed by atoms with Crippen LogP contribution in [0.15, 0.2) is 0 Å². The molecule has 6 N–H and O–H groups in total. The van der Waals surface area contributed by atoms with E-state index < -0.39 is 24.1 Å². The van der Waals surface area contributed by atoms with E-state index in [1.54, 1.807) is 0 Å². The number of aliphatic hydroxyl groups is 2. The van der Waals surface area contributed by atoms with Crippen molar-refractivity contribution in [3.05, 3.63) is 0 Å². The van der Waals surface area contributed by atoms with Gasteiger partial charge in [-0.25, -0.2) is 4.79 Å². The summed E-state index contributed by atoms with van der Waals surface area (Å²) in [5, 5.41) is 23.7. The van der Waals surface area contributed by atoms with E-state index in [2.05, 4.69) is 15.4 Å². The molecule has 0 fully saturated rings. The number of hydrogen-bond donors (Lipinski definition) is 5. The molecule has 0 aliphatic carbocycles. The van der Waals surface area contributed by atoms with Gasteiger partial charge in [0.2, 0.25) is 0 Å². The van der Waals surface area contributed by atoms with Gasteiger partial charge in [0.15, 0.2) is 12.2 Å². The summed E-state index contributed by atoms with van der Waals surface area (Å²) in [4.78, 5) is 22.1. The lowest BCUT2D eigenvalue weighted by Gasteiger charge is -2.15. The first-order valence-electron chi connectivity index (χ1n) is 5.17. The van der Waals surface area contributed by atoms with Gasteiger partial charge in [-0.05, 0) is 0 Å². The van der Waals surface area contributed by atoms with Crippen LogP contribution in [0.25, 0.3) is 0 Å². The summed E-state index contributed by atoms with van der Waals surface area (Å²) in [6.45, 7) is 1.83. The normalized spacial score (nSPS) is 13.9. The fraction of sp³-hybridized carbons (Fsp3) is 0.778. The van der Waals surface area contributed by atoms with Gasteiger partial charge in [-0.1, -0.05) is 0 Å². The molecule has 0 aromatic rings. The second kappa shape index (κ2) is 8.88. The summed E-state index contributed by atoms with van der Waals surface area (Å²) in [7, 11) is 1.05. The Hall–Kier alpha value is -1.22. The standard InChI is InChI=1S/C9H19N3O5/c1-17-9(16)7(14)6(13)8(15)12-5-4-11-3-2-10/h6-7,11,13-14H,2-5,10H2,1H3,(H,12,15). The molecule has 17 heavy (non-hydrogen) atoms. The smallest absolute Gasteiger partial charge is 0.338 e. The van der Waals surface area contributed by atoms with Crippen molar-refractivity contribution in [2.45, 2.75) is 12.2 Å². The van der Waals surface area contributed by atoms with Crippen molar-refractivity contribution in [1.29, 1.82) is 0 Å². The number of carbonyl (C=O) groups is 2. The number of esters is 1. The number of ether oxygens (including phenoxy) is 1. The number of methoxy groups -OCH3 is 1. The molecular weight excluding hydrogens is 230 g/mol. The zero-order valence-electron chi connectivity index (χ0n) is 9.68. The molecule has 8 heteroatoms. The van der Waals surface area contributed by atoms with E-state index in [-0.39, 0.29) is 6.54 Å². The van der Waals surface area contributed by atoms with E-state index in [1.165, 1.54) is 0 Å². The zero-order chi connectivity index (χ0) is 13.3. The highest BCUT2D eigenvalue weighted by molar-refractivity contribution is 5.88. The number of carbonyl (C=O) groups excluding carboxylic acids is 2. The largest absolute Gasteiger partial charge is 0.467 e. The molecule has 0 spiro atoms. The number of nitrogens with one attached hydrogen (secondary N) is 2. The van der Waals surface area contributed by atoms with Crippen molar-refractivity contribution < 1.29 is 24.5 Å². The Bertz CT molecular complexity index is 249. The van der Waals surface area contributed by atoms with Crippen LogP contribution < -0.4 is 16.4 Å². The van der Waals surface area contributed by atoms with Crippen LogP contribution >= 0.6 is 0 Å². The van der Waals surface area contributed by atoms with Crippen LogP contribution in [0, 0.1) is 0 Å². The topological polar surface area (TPSA) is 134 Å². The molecule has 0 aliphatic rings. The minimum Gasteiger partial charge on any atom is -0.467 e. The number of aliphatic hydroxyl groups excluding tert-OH is 2. The van der Waals surface area contributed by atoms with Gasteiger partial charge in [-0.2, -0.15) is 0 Å². The summed E-state index contributed by atoms with van der Waals surface area (Å²) in [6, 6.07) is 0.